The highest BCUT2D eigenvalue weighted by Gasteiger charge is 2.31. The van der Waals surface area contributed by atoms with Crippen LogP contribution in [0, 0.1) is 11.8 Å². The molecule has 1 aromatic carbocycles. The molecule has 1 aliphatic rings. The molecule has 0 atom stereocenters. The van der Waals surface area contributed by atoms with Crippen molar-refractivity contribution in [1.82, 2.24) is 0 Å². The molecule has 0 bridgehead atoms. The molecule has 0 N–H and O–H groups in total. The van der Waals surface area contributed by atoms with E-state index in [1.165, 1.54) is 76.3 Å². The van der Waals surface area contributed by atoms with Gasteiger partial charge in [-0.05, 0) is 42.4 Å². The molecule has 0 aliphatic heterocycles. The minimum Gasteiger partial charge on any atom is -0.406 e. The number of benzene rings is 1. The number of hydrogen-bond acceptors (Lipinski definition) is 1. The molecule has 0 saturated heterocycles. The van der Waals surface area contributed by atoms with E-state index in [4.69, 9.17) is 0 Å². The summed E-state index contributed by atoms with van der Waals surface area (Å²) in [5.74, 6) is 1.56. The summed E-state index contributed by atoms with van der Waals surface area (Å²) in [5, 5.41) is 0. The summed E-state index contributed by atoms with van der Waals surface area (Å²) in [7, 11) is 0. The second-order valence-electron chi connectivity index (χ2n) is 7.82. The van der Waals surface area contributed by atoms with Crippen LogP contribution in [0.4, 0.5) is 13.2 Å². The van der Waals surface area contributed by atoms with Gasteiger partial charge >= 0.3 is 6.36 Å². The van der Waals surface area contributed by atoms with Crippen molar-refractivity contribution in [3.63, 3.8) is 0 Å². The Hall–Kier alpha value is -1.19. The van der Waals surface area contributed by atoms with Crippen molar-refractivity contribution in [3.8, 4) is 5.75 Å². The Labute approximate surface area is 156 Å². The molecule has 148 valence electrons. The lowest BCUT2D eigenvalue weighted by atomic mass is 9.78. The predicted molar refractivity (Wildman–Crippen MR) is 100 cm³/mol. The summed E-state index contributed by atoms with van der Waals surface area (Å²) in [6.45, 7) is 2.26. The third-order valence-electron chi connectivity index (χ3n) is 5.68. The van der Waals surface area contributed by atoms with Crippen molar-refractivity contribution in [2.24, 2.45) is 11.8 Å². The van der Waals surface area contributed by atoms with E-state index >= 15 is 0 Å². The van der Waals surface area contributed by atoms with Crippen LogP contribution in [0.3, 0.4) is 0 Å². The van der Waals surface area contributed by atoms with E-state index < -0.39 is 6.36 Å². The Morgan fingerprint density at radius 2 is 1.42 bits per heavy atom. The second kappa shape index (κ2) is 10.8. The SMILES string of the molecule is CCCCCCCC1CCC(CCc2ccc(OC(F)(F)F)cc2)CC1. The Balaban J connectivity index is 1.61. The zero-order chi connectivity index (χ0) is 18.8. The number of ether oxygens (including phenoxy) is 1. The van der Waals surface area contributed by atoms with Crippen LogP contribution in [-0.2, 0) is 6.42 Å². The van der Waals surface area contributed by atoms with Crippen LogP contribution in [0.25, 0.3) is 0 Å². The summed E-state index contributed by atoms with van der Waals surface area (Å²) in [6.07, 6.45) is 11.1. The quantitative estimate of drug-likeness (QED) is 0.384. The minimum atomic E-state index is -4.61. The maximum Gasteiger partial charge on any atom is 0.573 e. The molecule has 1 aliphatic carbocycles. The summed E-state index contributed by atoms with van der Waals surface area (Å²) in [5.41, 5.74) is 1.09. The van der Waals surface area contributed by atoms with Gasteiger partial charge in [-0.25, -0.2) is 0 Å². The fourth-order valence-corrected chi connectivity index (χ4v) is 4.07. The fraction of sp³-hybridized carbons (Fsp3) is 0.727. The van der Waals surface area contributed by atoms with E-state index in [9.17, 15) is 13.2 Å². The molecule has 1 saturated carbocycles. The van der Waals surface area contributed by atoms with Gasteiger partial charge in [0.2, 0.25) is 0 Å². The lowest BCUT2D eigenvalue weighted by Gasteiger charge is -2.28. The van der Waals surface area contributed by atoms with Crippen LogP contribution in [0.15, 0.2) is 24.3 Å². The third-order valence-corrected chi connectivity index (χ3v) is 5.68. The molecule has 0 unspecified atom stereocenters. The van der Waals surface area contributed by atoms with Crippen molar-refractivity contribution in [1.29, 1.82) is 0 Å². The molecule has 1 aromatic rings. The molecule has 0 radical (unpaired) electrons. The lowest BCUT2D eigenvalue weighted by molar-refractivity contribution is -0.274. The van der Waals surface area contributed by atoms with Crippen LogP contribution in [0.2, 0.25) is 0 Å². The van der Waals surface area contributed by atoms with Crippen molar-refractivity contribution < 1.29 is 17.9 Å². The van der Waals surface area contributed by atoms with E-state index in [-0.39, 0.29) is 5.75 Å². The Kier molecular flexibility index (Phi) is 8.80. The van der Waals surface area contributed by atoms with Crippen molar-refractivity contribution >= 4 is 0 Å². The number of rotatable bonds is 10. The average Bonchev–Trinajstić information content (AvgIpc) is 2.61. The van der Waals surface area contributed by atoms with E-state index in [2.05, 4.69) is 11.7 Å². The third kappa shape index (κ3) is 8.46. The summed E-state index contributed by atoms with van der Waals surface area (Å²) in [6, 6.07) is 6.34. The Bertz CT molecular complexity index is 487. The van der Waals surface area contributed by atoms with Gasteiger partial charge in [-0.15, -0.1) is 13.2 Å². The molecular weight excluding hydrogens is 337 g/mol. The van der Waals surface area contributed by atoms with Gasteiger partial charge in [0.25, 0.3) is 0 Å². The molecule has 1 fully saturated rings. The lowest BCUT2D eigenvalue weighted by Crippen LogP contribution is -2.17. The highest BCUT2D eigenvalue weighted by atomic mass is 19.4. The van der Waals surface area contributed by atoms with Crippen LogP contribution in [-0.4, -0.2) is 6.36 Å². The molecule has 0 heterocycles. The van der Waals surface area contributed by atoms with Gasteiger partial charge in [-0.2, -0.15) is 0 Å². The van der Waals surface area contributed by atoms with Gasteiger partial charge in [-0.3, -0.25) is 0 Å². The molecule has 26 heavy (non-hydrogen) atoms. The van der Waals surface area contributed by atoms with Gasteiger partial charge < -0.3 is 4.74 Å². The molecule has 0 aromatic heterocycles. The molecule has 1 nitrogen and oxygen atoms in total. The van der Waals surface area contributed by atoms with E-state index in [0.29, 0.717) is 0 Å². The summed E-state index contributed by atoms with van der Waals surface area (Å²) >= 11 is 0. The van der Waals surface area contributed by atoms with Crippen LogP contribution in [0.5, 0.6) is 5.75 Å². The monoisotopic (exact) mass is 370 g/mol. The van der Waals surface area contributed by atoms with Gasteiger partial charge in [0.05, 0.1) is 0 Å². The first-order chi connectivity index (χ1) is 12.5. The van der Waals surface area contributed by atoms with Crippen molar-refractivity contribution in [3.05, 3.63) is 29.8 Å². The number of alkyl halides is 3. The summed E-state index contributed by atoms with van der Waals surface area (Å²) < 4.78 is 40.4. The van der Waals surface area contributed by atoms with Crippen LogP contribution >= 0.6 is 0 Å². The molecule has 0 amide bonds. The first-order valence-corrected chi connectivity index (χ1v) is 10.3. The average molecular weight is 370 g/mol. The van der Waals surface area contributed by atoms with Gasteiger partial charge in [0, 0.05) is 0 Å². The first kappa shape index (κ1) is 21.1. The van der Waals surface area contributed by atoms with E-state index in [0.717, 1.165) is 30.2 Å². The standard InChI is InChI=1S/C22H33F3O/c1-2-3-4-5-6-7-18-8-10-19(11-9-18)12-13-20-14-16-21(17-15-20)26-22(23,24)25/h14-19H,2-13H2,1H3. The van der Waals surface area contributed by atoms with Crippen molar-refractivity contribution in [2.75, 3.05) is 0 Å². The number of halogens is 3. The van der Waals surface area contributed by atoms with Crippen molar-refractivity contribution in [2.45, 2.75) is 90.3 Å². The number of aryl methyl sites for hydroxylation is 1. The maximum atomic E-state index is 12.2. The van der Waals surface area contributed by atoms with Crippen LogP contribution < -0.4 is 4.74 Å². The zero-order valence-corrected chi connectivity index (χ0v) is 16.0. The normalized spacial score (nSPS) is 20.9. The summed E-state index contributed by atoms with van der Waals surface area (Å²) in [4.78, 5) is 0. The second-order valence-corrected chi connectivity index (χ2v) is 7.82. The van der Waals surface area contributed by atoms with Gasteiger partial charge in [0.1, 0.15) is 5.75 Å². The van der Waals surface area contributed by atoms with Gasteiger partial charge in [-0.1, -0.05) is 83.3 Å². The smallest absolute Gasteiger partial charge is 0.406 e. The van der Waals surface area contributed by atoms with E-state index in [1.807, 2.05) is 0 Å². The van der Waals surface area contributed by atoms with Crippen LogP contribution in [0.1, 0.15) is 83.1 Å². The highest BCUT2D eigenvalue weighted by molar-refractivity contribution is 5.27. The predicted octanol–water partition coefficient (Wildman–Crippen LogP) is 7.68. The van der Waals surface area contributed by atoms with Gasteiger partial charge in [0.15, 0.2) is 0 Å². The fourth-order valence-electron chi connectivity index (χ4n) is 4.07. The number of unbranched alkanes of at least 4 members (excludes halogenated alkanes) is 4. The first-order valence-electron chi connectivity index (χ1n) is 10.3. The maximum absolute atomic E-state index is 12.2. The largest absolute Gasteiger partial charge is 0.573 e. The Morgan fingerprint density at radius 1 is 0.846 bits per heavy atom. The highest BCUT2D eigenvalue weighted by Crippen LogP contribution is 2.34. The number of hydrogen-bond donors (Lipinski definition) is 0. The Morgan fingerprint density at radius 3 is 2.00 bits per heavy atom. The molecule has 2 rings (SSSR count). The van der Waals surface area contributed by atoms with E-state index in [1.54, 1.807) is 12.1 Å². The minimum absolute atomic E-state index is 0.138. The topological polar surface area (TPSA) is 9.23 Å². The molecular formula is C22H33F3O. The molecule has 0 spiro atoms. The molecule has 4 heteroatoms. The zero-order valence-electron chi connectivity index (χ0n) is 16.0.